The first kappa shape index (κ1) is 41.0. The van der Waals surface area contributed by atoms with Gasteiger partial charge in [-0.1, -0.05) is 47.5 Å². The van der Waals surface area contributed by atoms with Gasteiger partial charge in [-0.05, 0) is 99.2 Å². The number of esters is 1. The number of allylic oxidation sites excluding steroid dienone is 1. The fourth-order valence-corrected chi connectivity index (χ4v) is 7.83. The lowest BCUT2D eigenvalue weighted by molar-refractivity contribution is -0.150. The third kappa shape index (κ3) is 9.04. The molecule has 1 saturated carbocycles. The number of carbonyl (C=O) groups excluding carboxylic acids is 2. The molecular formula is C43H57N7O5. The van der Waals surface area contributed by atoms with Crippen LogP contribution in [0.25, 0.3) is 21.8 Å². The van der Waals surface area contributed by atoms with E-state index in [0.717, 1.165) is 62.9 Å². The zero-order valence-corrected chi connectivity index (χ0v) is 34.0. The molecule has 0 N–H and O–H groups in total. The first-order valence-electron chi connectivity index (χ1n) is 19.7. The number of aliphatic imine (C=N–C) groups is 1. The summed E-state index contributed by atoms with van der Waals surface area (Å²) in [6.45, 7) is 25.5. The molecule has 1 fully saturated rings. The van der Waals surface area contributed by atoms with Gasteiger partial charge in [-0.25, -0.2) is 24.3 Å². The van der Waals surface area contributed by atoms with Crippen molar-refractivity contribution in [2.75, 3.05) is 45.3 Å². The molecular weight excluding hydrogens is 695 g/mol. The topological polar surface area (TPSA) is 116 Å². The van der Waals surface area contributed by atoms with Gasteiger partial charge in [-0.15, -0.1) is 5.10 Å². The normalized spacial score (nSPS) is 19.9. The van der Waals surface area contributed by atoms with E-state index >= 15 is 0 Å². The Morgan fingerprint density at radius 2 is 1.67 bits per heavy atom. The molecule has 1 aliphatic heterocycles. The molecule has 0 saturated heterocycles. The van der Waals surface area contributed by atoms with E-state index in [9.17, 15) is 9.59 Å². The number of hydrogen-bond acceptors (Lipinski definition) is 9. The summed E-state index contributed by atoms with van der Waals surface area (Å²) < 4.78 is 18.8. The lowest BCUT2D eigenvalue weighted by Crippen LogP contribution is -2.41. The lowest BCUT2D eigenvalue weighted by atomic mass is 9.75. The second-order valence-corrected chi connectivity index (χ2v) is 15.0. The molecule has 294 valence electrons. The first-order chi connectivity index (χ1) is 26.5. The van der Waals surface area contributed by atoms with E-state index in [1.54, 1.807) is 32.4 Å². The molecule has 0 radical (unpaired) electrons. The van der Waals surface area contributed by atoms with E-state index in [1.807, 2.05) is 36.9 Å². The number of ether oxygens (including phenoxy) is 3. The summed E-state index contributed by atoms with van der Waals surface area (Å²) in [5.74, 6) is 2.12. The number of anilines is 1. The summed E-state index contributed by atoms with van der Waals surface area (Å²) in [7, 11) is 3.14. The molecule has 2 aliphatic rings. The van der Waals surface area contributed by atoms with Gasteiger partial charge in [-0.2, -0.15) is 0 Å². The van der Waals surface area contributed by atoms with Crippen molar-refractivity contribution in [2.24, 2.45) is 22.7 Å². The number of nitrogens with zero attached hydrogens (tertiary/aromatic N) is 7. The highest BCUT2D eigenvalue weighted by Crippen LogP contribution is 2.39. The lowest BCUT2D eigenvalue weighted by Gasteiger charge is -2.37. The van der Waals surface area contributed by atoms with Crippen LogP contribution < -0.4 is 14.4 Å². The minimum absolute atomic E-state index is 0.0251. The van der Waals surface area contributed by atoms with Gasteiger partial charge >= 0.3 is 5.97 Å². The predicted molar refractivity (Wildman–Crippen MR) is 217 cm³/mol. The second-order valence-electron chi connectivity index (χ2n) is 15.0. The van der Waals surface area contributed by atoms with Crippen molar-refractivity contribution >= 4 is 34.7 Å². The van der Waals surface area contributed by atoms with Crippen LogP contribution in [0, 0.1) is 31.2 Å². The highest BCUT2D eigenvalue weighted by molar-refractivity contribution is 6.29. The highest BCUT2D eigenvalue weighted by atomic mass is 16.5. The number of likely N-dealkylation sites (N-methyl/N-ethyl adjacent to an activating group) is 1. The fourth-order valence-electron chi connectivity index (χ4n) is 7.83. The number of aromatic nitrogens is 3. The van der Waals surface area contributed by atoms with Gasteiger partial charge in [0.1, 0.15) is 23.2 Å². The van der Waals surface area contributed by atoms with Gasteiger partial charge in [0.05, 0.1) is 38.6 Å². The van der Waals surface area contributed by atoms with E-state index < -0.39 is 5.97 Å². The number of amides is 1. The summed E-state index contributed by atoms with van der Waals surface area (Å²) in [6.07, 6.45) is 5.64. The van der Waals surface area contributed by atoms with Gasteiger partial charge in [-0.3, -0.25) is 4.79 Å². The number of fused-ring (bicyclic) bond motifs is 1. The van der Waals surface area contributed by atoms with E-state index in [0.29, 0.717) is 35.2 Å². The largest absolute Gasteiger partial charge is 0.497 e. The average molecular weight is 752 g/mol. The number of hydrogen-bond donors (Lipinski definition) is 0. The van der Waals surface area contributed by atoms with Crippen LogP contribution >= 0.6 is 0 Å². The fraction of sp³-hybridized carbons (Fsp3) is 0.535. The summed E-state index contributed by atoms with van der Waals surface area (Å²) in [5.41, 5.74) is 2.95. The van der Waals surface area contributed by atoms with Gasteiger partial charge in [0.2, 0.25) is 11.6 Å². The second kappa shape index (κ2) is 18.4. The van der Waals surface area contributed by atoms with E-state index in [1.165, 1.54) is 4.68 Å². The third-order valence-electron chi connectivity index (χ3n) is 10.8. The molecule has 12 nitrogen and oxygen atoms in total. The van der Waals surface area contributed by atoms with Crippen LogP contribution in [-0.2, 0) is 14.3 Å². The van der Waals surface area contributed by atoms with Gasteiger partial charge in [0, 0.05) is 25.3 Å². The average Bonchev–Trinajstić information content (AvgIpc) is 3.72. The van der Waals surface area contributed by atoms with Crippen LogP contribution in [0.2, 0.25) is 0 Å². The highest BCUT2D eigenvalue weighted by Gasteiger charge is 2.41. The first-order valence-corrected chi connectivity index (χ1v) is 19.7. The Morgan fingerprint density at radius 3 is 2.25 bits per heavy atom. The van der Waals surface area contributed by atoms with Gasteiger partial charge in [0.25, 0.3) is 0 Å². The zero-order valence-electron chi connectivity index (χ0n) is 34.0. The van der Waals surface area contributed by atoms with Crippen LogP contribution in [0.5, 0.6) is 11.5 Å². The van der Waals surface area contributed by atoms with E-state index in [-0.39, 0.29) is 59.1 Å². The van der Waals surface area contributed by atoms with Gasteiger partial charge < -0.3 is 24.0 Å². The molecule has 0 bridgehead atoms. The molecule has 2 heterocycles. The molecule has 2 aromatic carbocycles. The van der Waals surface area contributed by atoms with Crippen molar-refractivity contribution in [2.45, 2.75) is 93.1 Å². The zero-order chi connectivity index (χ0) is 39.8. The standard InChI is InChI=1S/C43H57N7O5/c1-11-14-20-49(21-15-12-2)36(51)26-48(13-3)31-16-18-34(28(5)24-31)45-42-38(44-8)37(43(52)55-39-29(6)22-27(4)23-30(39)7)41-46-40(47-50(41)42)33-25-32(53-9)17-19-35(33)54-10/h16-19,24-25,27,29-30,39H,11-15,20-23,26H2,1-7,9-10H3. The molecule has 5 rings (SSSR count). The summed E-state index contributed by atoms with van der Waals surface area (Å²) in [4.78, 5) is 45.4. The third-order valence-corrected chi connectivity index (χ3v) is 10.8. The van der Waals surface area contributed by atoms with Crippen molar-refractivity contribution in [3.63, 3.8) is 0 Å². The summed E-state index contributed by atoms with van der Waals surface area (Å²) in [6, 6.07) is 11.1. The van der Waals surface area contributed by atoms with Crippen LogP contribution in [0.3, 0.4) is 0 Å². The molecule has 1 aliphatic carbocycles. The molecule has 1 aromatic heterocycles. The van der Waals surface area contributed by atoms with E-state index in [4.69, 9.17) is 35.9 Å². The van der Waals surface area contributed by atoms with Crippen molar-refractivity contribution in [1.82, 2.24) is 19.7 Å². The quantitative estimate of drug-likeness (QED) is 0.106. The smallest absolute Gasteiger partial charge is 0.331 e. The molecule has 1 amide bonds. The minimum atomic E-state index is -0.616. The van der Waals surface area contributed by atoms with Crippen molar-refractivity contribution < 1.29 is 23.8 Å². The number of methoxy groups -OCH3 is 2. The van der Waals surface area contributed by atoms with Crippen LogP contribution in [-0.4, -0.2) is 83.9 Å². The molecule has 0 spiro atoms. The molecule has 2 atom stereocenters. The Bertz CT molecular complexity index is 1940. The number of aryl methyl sites for hydroxylation is 1. The van der Waals surface area contributed by atoms with E-state index in [2.05, 4.69) is 44.4 Å². The number of benzene rings is 2. The Morgan fingerprint density at radius 1 is 0.982 bits per heavy atom. The Kier molecular flexibility index (Phi) is 13.7. The Balaban J connectivity index is 1.55. The SMILES string of the molecule is [C-]#[N+]C1=C(C(=O)OC2C(C)CC(C)CC2C)c2nc(-c3cc(OC)ccc3OC)nn2C1=Nc1ccc(N(CC)CC(=O)N(CCCC)CCCC)cc1C. The Hall–Kier alpha value is -5.18. The summed E-state index contributed by atoms with van der Waals surface area (Å²) in [5, 5.41) is 4.82. The summed E-state index contributed by atoms with van der Waals surface area (Å²) >= 11 is 0. The number of rotatable bonds is 16. The molecule has 12 heteroatoms. The minimum Gasteiger partial charge on any atom is -0.497 e. The molecule has 3 aromatic rings. The van der Waals surface area contributed by atoms with Gasteiger partial charge in [0.15, 0.2) is 17.5 Å². The van der Waals surface area contributed by atoms with Crippen molar-refractivity contribution in [1.29, 1.82) is 0 Å². The van der Waals surface area contributed by atoms with Crippen molar-refractivity contribution in [3.05, 3.63) is 64.9 Å². The van der Waals surface area contributed by atoms with Crippen molar-refractivity contribution in [3.8, 4) is 22.9 Å². The predicted octanol–water partition coefficient (Wildman–Crippen LogP) is 8.36. The van der Waals surface area contributed by atoms with Crippen LogP contribution in [0.15, 0.2) is 47.1 Å². The van der Waals surface area contributed by atoms with Crippen LogP contribution in [0.4, 0.5) is 11.4 Å². The number of carbonyl (C=O) groups is 2. The number of unbranched alkanes of at least 4 members (excludes halogenated alkanes) is 2. The van der Waals surface area contributed by atoms with Crippen LogP contribution in [0.1, 0.15) is 91.5 Å². The maximum absolute atomic E-state index is 14.2. The molecule has 55 heavy (non-hydrogen) atoms. The molecule has 2 unspecified atom stereocenters. The maximum atomic E-state index is 14.2. The Labute approximate surface area is 326 Å². The maximum Gasteiger partial charge on any atom is 0.331 e. The monoisotopic (exact) mass is 751 g/mol.